The highest BCUT2D eigenvalue weighted by molar-refractivity contribution is 5.98. The topological polar surface area (TPSA) is 50.2 Å². The molecule has 1 aromatic heterocycles. The normalized spacial score (nSPS) is 11.4. The second-order valence-electron chi connectivity index (χ2n) is 5.40. The second-order valence-corrected chi connectivity index (χ2v) is 5.40. The Morgan fingerprint density at radius 3 is 2.42 bits per heavy atom. The second kappa shape index (κ2) is 7.00. The van der Waals surface area contributed by atoms with Gasteiger partial charge >= 0.3 is 0 Å². The summed E-state index contributed by atoms with van der Waals surface area (Å²) in [5.74, 6) is 0.157. The average molecular weight is 320 g/mol. The predicted octanol–water partition coefficient (Wildman–Crippen LogP) is 4.43. The lowest BCUT2D eigenvalue weighted by Crippen LogP contribution is -2.04. The van der Waals surface area contributed by atoms with Gasteiger partial charge in [-0.2, -0.15) is 5.10 Å². The maximum absolute atomic E-state index is 13.0. The van der Waals surface area contributed by atoms with Crippen molar-refractivity contribution in [3.05, 3.63) is 77.7 Å². The maximum atomic E-state index is 13.0. The molecule has 3 aromatic rings. The van der Waals surface area contributed by atoms with E-state index in [9.17, 15) is 4.39 Å². The predicted molar refractivity (Wildman–Crippen MR) is 94.4 cm³/mol. The van der Waals surface area contributed by atoms with Crippen molar-refractivity contribution in [3.8, 4) is 11.3 Å². The largest absolute Gasteiger partial charge is 0.245 e. The fourth-order valence-corrected chi connectivity index (χ4v) is 2.26. The third kappa shape index (κ3) is 3.81. The highest BCUT2D eigenvalue weighted by Gasteiger charge is 2.04. The van der Waals surface area contributed by atoms with Crippen LogP contribution in [0.2, 0.25) is 0 Å². The van der Waals surface area contributed by atoms with Gasteiger partial charge in [-0.3, -0.25) is 0 Å². The minimum Gasteiger partial charge on any atom is -0.245 e. The van der Waals surface area contributed by atoms with Gasteiger partial charge in [0.15, 0.2) is 0 Å². The molecule has 1 heterocycles. The van der Waals surface area contributed by atoms with Gasteiger partial charge in [0, 0.05) is 11.3 Å². The number of hydrazone groups is 1. The van der Waals surface area contributed by atoms with Crippen molar-refractivity contribution in [2.75, 3.05) is 5.43 Å². The zero-order valence-electron chi connectivity index (χ0n) is 13.5. The smallest absolute Gasteiger partial charge is 0.244 e. The molecule has 0 saturated heterocycles. The number of nitrogens with zero attached hydrogens (tertiary/aromatic N) is 3. The Balaban J connectivity index is 1.84. The third-order valence-corrected chi connectivity index (χ3v) is 3.51. The van der Waals surface area contributed by atoms with Crippen molar-refractivity contribution in [3.63, 3.8) is 0 Å². The SMILES string of the molecule is CC(=NNc1nc(C)cc(-c2ccccc2)n1)c1ccc(F)cc1. The first-order chi connectivity index (χ1) is 11.6. The lowest BCUT2D eigenvalue weighted by Gasteiger charge is -2.06. The Hall–Kier alpha value is -3.08. The van der Waals surface area contributed by atoms with Crippen LogP contribution < -0.4 is 5.43 Å². The van der Waals surface area contributed by atoms with Crippen LogP contribution in [0.5, 0.6) is 0 Å². The van der Waals surface area contributed by atoms with Crippen LogP contribution in [0.1, 0.15) is 18.2 Å². The van der Waals surface area contributed by atoms with Crippen molar-refractivity contribution in [1.29, 1.82) is 0 Å². The molecule has 1 N–H and O–H groups in total. The molecule has 0 amide bonds. The summed E-state index contributed by atoms with van der Waals surface area (Å²) in [6, 6.07) is 18.0. The first kappa shape index (κ1) is 15.8. The van der Waals surface area contributed by atoms with Crippen LogP contribution >= 0.6 is 0 Å². The Bertz CT molecular complexity index is 858. The lowest BCUT2D eigenvalue weighted by molar-refractivity contribution is 0.628. The van der Waals surface area contributed by atoms with Gasteiger partial charge in [-0.05, 0) is 37.6 Å². The van der Waals surface area contributed by atoms with Crippen molar-refractivity contribution >= 4 is 11.7 Å². The number of aromatic nitrogens is 2. The van der Waals surface area contributed by atoms with Crippen molar-refractivity contribution in [1.82, 2.24) is 9.97 Å². The Morgan fingerprint density at radius 2 is 1.71 bits per heavy atom. The molecule has 0 bridgehead atoms. The minimum atomic E-state index is -0.269. The van der Waals surface area contributed by atoms with E-state index in [4.69, 9.17) is 0 Å². The van der Waals surface area contributed by atoms with Crippen LogP contribution in [0.3, 0.4) is 0 Å². The van der Waals surface area contributed by atoms with Gasteiger partial charge in [0.1, 0.15) is 5.82 Å². The number of benzene rings is 2. The molecule has 0 saturated carbocycles. The van der Waals surface area contributed by atoms with Crippen LogP contribution in [-0.2, 0) is 0 Å². The van der Waals surface area contributed by atoms with Gasteiger partial charge in [0.2, 0.25) is 5.95 Å². The molecule has 5 heteroatoms. The number of rotatable bonds is 4. The molecule has 0 atom stereocenters. The molecule has 0 aliphatic heterocycles. The highest BCUT2D eigenvalue weighted by atomic mass is 19.1. The zero-order valence-corrected chi connectivity index (χ0v) is 13.5. The number of halogens is 1. The van der Waals surface area contributed by atoms with Crippen LogP contribution in [-0.4, -0.2) is 15.7 Å². The van der Waals surface area contributed by atoms with E-state index < -0.39 is 0 Å². The van der Waals surface area contributed by atoms with Crippen LogP contribution in [0, 0.1) is 12.7 Å². The van der Waals surface area contributed by atoms with Crippen LogP contribution in [0.4, 0.5) is 10.3 Å². The van der Waals surface area contributed by atoms with Crippen LogP contribution in [0.15, 0.2) is 65.8 Å². The Morgan fingerprint density at radius 1 is 1.00 bits per heavy atom. The summed E-state index contributed by atoms with van der Waals surface area (Å²) in [7, 11) is 0. The van der Waals surface area contributed by atoms with Gasteiger partial charge in [-0.25, -0.2) is 19.8 Å². The minimum absolute atomic E-state index is 0.269. The molecular formula is C19H17FN4. The van der Waals surface area contributed by atoms with Crippen molar-refractivity contribution in [2.45, 2.75) is 13.8 Å². The van der Waals surface area contributed by atoms with E-state index in [1.165, 1.54) is 12.1 Å². The molecular weight excluding hydrogens is 303 g/mol. The molecule has 0 unspecified atom stereocenters. The van der Waals surface area contributed by atoms with E-state index >= 15 is 0 Å². The first-order valence-electron chi connectivity index (χ1n) is 7.59. The molecule has 24 heavy (non-hydrogen) atoms. The average Bonchev–Trinajstić information content (AvgIpc) is 2.60. The van der Waals surface area contributed by atoms with Crippen molar-refractivity contribution < 1.29 is 4.39 Å². The van der Waals surface area contributed by atoms with Gasteiger partial charge in [0.25, 0.3) is 0 Å². The maximum Gasteiger partial charge on any atom is 0.244 e. The van der Waals surface area contributed by atoms with E-state index in [0.717, 1.165) is 28.2 Å². The van der Waals surface area contributed by atoms with E-state index in [0.29, 0.717) is 5.95 Å². The first-order valence-corrected chi connectivity index (χ1v) is 7.59. The van der Waals surface area contributed by atoms with E-state index in [2.05, 4.69) is 20.5 Å². The van der Waals surface area contributed by atoms with Gasteiger partial charge in [0.05, 0.1) is 11.4 Å². The molecule has 120 valence electrons. The van der Waals surface area contributed by atoms with Gasteiger partial charge in [-0.15, -0.1) is 0 Å². The number of anilines is 1. The molecule has 0 spiro atoms. The molecule has 0 fully saturated rings. The highest BCUT2D eigenvalue weighted by Crippen LogP contribution is 2.18. The molecule has 0 aliphatic carbocycles. The quantitative estimate of drug-likeness (QED) is 0.571. The number of hydrogen-bond acceptors (Lipinski definition) is 4. The molecule has 4 nitrogen and oxygen atoms in total. The molecule has 3 rings (SSSR count). The summed E-state index contributed by atoms with van der Waals surface area (Å²) >= 11 is 0. The summed E-state index contributed by atoms with van der Waals surface area (Å²) < 4.78 is 13.0. The van der Waals surface area contributed by atoms with Crippen molar-refractivity contribution in [2.24, 2.45) is 5.10 Å². The fourth-order valence-electron chi connectivity index (χ4n) is 2.26. The number of aryl methyl sites for hydroxylation is 1. The summed E-state index contributed by atoms with van der Waals surface area (Å²) in [4.78, 5) is 8.84. The van der Waals surface area contributed by atoms with E-state index in [1.807, 2.05) is 50.2 Å². The summed E-state index contributed by atoms with van der Waals surface area (Å²) in [5, 5.41) is 4.29. The lowest BCUT2D eigenvalue weighted by atomic mass is 10.1. The molecule has 2 aromatic carbocycles. The summed E-state index contributed by atoms with van der Waals surface area (Å²) in [6.45, 7) is 3.75. The number of nitrogens with one attached hydrogen (secondary N) is 1. The Kier molecular flexibility index (Phi) is 4.61. The number of hydrogen-bond donors (Lipinski definition) is 1. The monoisotopic (exact) mass is 320 g/mol. The zero-order chi connectivity index (χ0) is 16.9. The standard InChI is InChI=1S/C19H17FN4/c1-13-12-18(16-6-4-3-5-7-16)22-19(21-13)24-23-14(2)15-8-10-17(20)11-9-15/h3-12H,1-2H3,(H,21,22,24). The van der Waals surface area contributed by atoms with E-state index in [1.54, 1.807) is 12.1 Å². The molecule has 0 radical (unpaired) electrons. The van der Waals surface area contributed by atoms with Crippen LogP contribution in [0.25, 0.3) is 11.3 Å². The van der Waals surface area contributed by atoms with Gasteiger partial charge < -0.3 is 0 Å². The summed E-state index contributed by atoms with van der Waals surface area (Å²) in [5.41, 5.74) is 7.14. The van der Waals surface area contributed by atoms with Gasteiger partial charge in [-0.1, -0.05) is 42.5 Å². The molecule has 0 aliphatic rings. The summed E-state index contributed by atoms with van der Waals surface area (Å²) in [6.07, 6.45) is 0. The fraction of sp³-hybridized carbons (Fsp3) is 0.105. The Labute approximate surface area is 140 Å². The van der Waals surface area contributed by atoms with E-state index in [-0.39, 0.29) is 5.82 Å². The third-order valence-electron chi connectivity index (χ3n) is 3.51.